The maximum Gasteiger partial charge on any atom is 0.246 e. The average molecular weight is 473 g/mol. The van der Waals surface area contributed by atoms with Crippen molar-refractivity contribution in [3.05, 3.63) is 58.3 Å². The molecule has 2 amide bonds. The summed E-state index contributed by atoms with van der Waals surface area (Å²) >= 11 is 1.61. The van der Waals surface area contributed by atoms with Crippen LogP contribution in [0.1, 0.15) is 30.4 Å². The average Bonchev–Trinajstić information content (AvgIpc) is 3.43. The van der Waals surface area contributed by atoms with Gasteiger partial charge in [0.15, 0.2) is 9.84 Å². The Morgan fingerprint density at radius 1 is 1.03 bits per heavy atom. The van der Waals surface area contributed by atoms with Crippen LogP contribution in [0.2, 0.25) is 0 Å². The molecule has 6 nitrogen and oxygen atoms in total. The smallest absolute Gasteiger partial charge is 0.246 e. The molecular weight excluding hydrogens is 444 g/mol. The number of hydrogen-bond donors (Lipinski definition) is 0. The number of benzene rings is 1. The summed E-state index contributed by atoms with van der Waals surface area (Å²) in [7, 11) is -3.24. The van der Waals surface area contributed by atoms with Crippen molar-refractivity contribution in [3.8, 4) is 0 Å². The fraction of sp³-hybridized carbons (Fsp3) is 0.417. The van der Waals surface area contributed by atoms with Crippen LogP contribution < -0.4 is 0 Å². The lowest BCUT2D eigenvalue weighted by Gasteiger charge is -2.39. The van der Waals surface area contributed by atoms with Crippen LogP contribution in [-0.4, -0.2) is 62.5 Å². The molecule has 32 heavy (non-hydrogen) atoms. The summed E-state index contributed by atoms with van der Waals surface area (Å²) in [5.74, 6) is 0.126. The number of piperidine rings is 1. The highest BCUT2D eigenvalue weighted by Crippen LogP contribution is 2.40. The number of carbonyl (C=O) groups is 2. The highest BCUT2D eigenvalue weighted by Gasteiger charge is 2.42. The summed E-state index contributed by atoms with van der Waals surface area (Å²) < 4.78 is 23.2. The standard InChI is InChI=1S/C24H28N2O4S2/c1-32(29,30)21-5-2-19(3-6-21)16-23(28)26-14-11-24(18-26)9-12-25(13-10-24)22(27)7-4-20-8-15-31-17-20/h2-8,15,17H,9-14,16,18H2,1H3. The summed E-state index contributed by atoms with van der Waals surface area (Å²) in [6.45, 7) is 2.93. The third kappa shape index (κ3) is 5.30. The highest BCUT2D eigenvalue weighted by atomic mass is 32.2. The Morgan fingerprint density at radius 3 is 2.28 bits per heavy atom. The van der Waals surface area contributed by atoms with E-state index in [4.69, 9.17) is 0 Å². The zero-order valence-electron chi connectivity index (χ0n) is 18.2. The first kappa shape index (κ1) is 22.7. The van der Waals surface area contributed by atoms with Crippen molar-refractivity contribution in [1.29, 1.82) is 0 Å². The van der Waals surface area contributed by atoms with Gasteiger partial charge in [-0.3, -0.25) is 9.59 Å². The Bertz CT molecular complexity index is 1100. The third-order valence-electron chi connectivity index (χ3n) is 6.60. The Balaban J connectivity index is 1.28. The Hall–Kier alpha value is -2.45. The molecule has 0 atom stereocenters. The Kier molecular flexibility index (Phi) is 6.53. The second-order valence-electron chi connectivity index (χ2n) is 8.87. The van der Waals surface area contributed by atoms with Crippen LogP contribution in [0.5, 0.6) is 0 Å². The second kappa shape index (κ2) is 9.19. The molecule has 4 rings (SSSR count). The molecule has 0 saturated carbocycles. The number of likely N-dealkylation sites (tertiary alicyclic amines) is 2. The van der Waals surface area contributed by atoms with Gasteiger partial charge >= 0.3 is 0 Å². The summed E-state index contributed by atoms with van der Waals surface area (Å²) in [5.41, 5.74) is 1.97. The first-order valence-corrected chi connectivity index (χ1v) is 13.6. The molecule has 1 spiro atoms. The minimum Gasteiger partial charge on any atom is -0.342 e. The number of amides is 2. The molecule has 3 heterocycles. The molecule has 2 aliphatic heterocycles. The van der Waals surface area contributed by atoms with Crippen LogP contribution in [0, 0.1) is 5.41 Å². The zero-order valence-corrected chi connectivity index (χ0v) is 19.8. The van der Waals surface area contributed by atoms with Crippen LogP contribution in [0.25, 0.3) is 6.08 Å². The minimum absolute atomic E-state index is 0.0505. The van der Waals surface area contributed by atoms with Crippen molar-refractivity contribution >= 4 is 39.1 Å². The van der Waals surface area contributed by atoms with Crippen LogP contribution >= 0.6 is 11.3 Å². The molecule has 1 aromatic carbocycles. The molecule has 170 valence electrons. The molecule has 2 fully saturated rings. The minimum atomic E-state index is -3.24. The van der Waals surface area contributed by atoms with Gasteiger partial charge in [-0.1, -0.05) is 12.1 Å². The van der Waals surface area contributed by atoms with Gasteiger partial charge in [0.1, 0.15) is 0 Å². The zero-order chi connectivity index (χ0) is 22.8. The van der Waals surface area contributed by atoms with Gasteiger partial charge < -0.3 is 9.80 Å². The molecule has 8 heteroatoms. The maximum atomic E-state index is 12.8. The van der Waals surface area contributed by atoms with Crippen LogP contribution in [0.3, 0.4) is 0 Å². The van der Waals surface area contributed by atoms with Crippen molar-refractivity contribution in [2.24, 2.45) is 5.41 Å². The largest absolute Gasteiger partial charge is 0.342 e. The Labute approximate surface area is 193 Å². The molecule has 0 radical (unpaired) electrons. The van der Waals surface area contributed by atoms with E-state index in [2.05, 4.69) is 0 Å². The number of rotatable bonds is 5. The fourth-order valence-electron chi connectivity index (χ4n) is 4.54. The molecule has 0 aliphatic carbocycles. The van der Waals surface area contributed by atoms with Crippen molar-refractivity contribution in [2.75, 3.05) is 32.4 Å². The first-order chi connectivity index (χ1) is 15.2. The van der Waals surface area contributed by atoms with Crippen molar-refractivity contribution in [2.45, 2.75) is 30.6 Å². The summed E-state index contributed by atoms with van der Waals surface area (Å²) in [6.07, 6.45) is 7.77. The lowest BCUT2D eigenvalue weighted by atomic mass is 9.78. The molecule has 2 saturated heterocycles. The maximum absolute atomic E-state index is 12.8. The quantitative estimate of drug-likeness (QED) is 0.626. The Morgan fingerprint density at radius 2 is 1.69 bits per heavy atom. The van der Waals surface area contributed by atoms with Gasteiger partial charge in [-0.2, -0.15) is 11.3 Å². The van der Waals surface area contributed by atoms with Crippen LogP contribution in [-0.2, 0) is 25.8 Å². The van der Waals surface area contributed by atoms with Crippen LogP contribution in [0.15, 0.2) is 52.1 Å². The molecule has 2 aliphatic rings. The van der Waals surface area contributed by atoms with E-state index in [1.807, 2.05) is 32.7 Å². The number of carbonyl (C=O) groups excluding carboxylic acids is 2. The lowest BCUT2D eigenvalue weighted by Crippen LogP contribution is -2.44. The van der Waals surface area contributed by atoms with E-state index in [9.17, 15) is 18.0 Å². The van der Waals surface area contributed by atoms with Crippen molar-refractivity contribution < 1.29 is 18.0 Å². The molecule has 0 unspecified atom stereocenters. The first-order valence-electron chi connectivity index (χ1n) is 10.8. The summed E-state index contributed by atoms with van der Waals surface area (Å²) in [4.78, 5) is 29.4. The monoisotopic (exact) mass is 472 g/mol. The van der Waals surface area contributed by atoms with E-state index in [-0.39, 0.29) is 28.5 Å². The number of nitrogens with zero attached hydrogens (tertiary/aromatic N) is 2. The molecule has 0 bridgehead atoms. The van der Waals surface area contributed by atoms with Crippen molar-refractivity contribution in [1.82, 2.24) is 9.80 Å². The van der Waals surface area contributed by atoms with E-state index in [1.54, 1.807) is 41.7 Å². The lowest BCUT2D eigenvalue weighted by molar-refractivity contribution is -0.131. The van der Waals surface area contributed by atoms with E-state index in [0.29, 0.717) is 0 Å². The predicted octanol–water partition coefficient (Wildman–Crippen LogP) is 3.25. The van der Waals surface area contributed by atoms with E-state index >= 15 is 0 Å². The van der Waals surface area contributed by atoms with Crippen LogP contribution in [0.4, 0.5) is 0 Å². The van der Waals surface area contributed by atoms with Gasteiger partial charge in [-0.15, -0.1) is 0 Å². The van der Waals surface area contributed by atoms with Gasteiger partial charge in [0.05, 0.1) is 11.3 Å². The number of hydrogen-bond acceptors (Lipinski definition) is 5. The summed E-state index contributed by atoms with van der Waals surface area (Å²) in [5, 5.41) is 4.01. The van der Waals surface area contributed by atoms with E-state index in [1.165, 1.54) is 6.26 Å². The number of sulfone groups is 1. The second-order valence-corrected chi connectivity index (χ2v) is 11.7. The molecular formula is C24H28N2O4S2. The van der Waals surface area contributed by atoms with Gasteiger partial charge in [0, 0.05) is 38.5 Å². The topological polar surface area (TPSA) is 74.8 Å². The molecule has 1 aromatic heterocycles. The van der Waals surface area contributed by atoms with E-state index in [0.717, 1.165) is 56.6 Å². The third-order valence-corrected chi connectivity index (χ3v) is 8.43. The van der Waals surface area contributed by atoms with E-state index < -0.39 is 9.84 Å². The predicted molar refractivity (Wildman–Crippen MR) is 126 cm³/mol. The van der Waals surface area contributed by atoms with Gasteiger partial charge in [0.25, 0.3) is 0 Å². The van der Waals surface area contributed by atoms with Crippen molar-refractivity contribution in [3.63, 3.8) is 0 Å². The highest BCUT2D eigenvalue weighted by molar-refractivity contribution is 7.90. The SMILES string of the molecule is CS(=O)(=O)c1ccc(CC(=O)N2CCC3(CCN(C(=O)C=Cc4ccsc4)CC3)C2)cc1. The summed E-state index contributed by atoms with van der Waals surface area (Å²) in [6, 6.07) is 8.54. The van der Waals surface area contributed by atoms with Gasteiger partial charge in [-0.25, -0.2) is 8.42 Å². The normalized spacial score (nSPS) is 18.5. The van der Waals surface area contributed by atoms with Gasteiger partial charge in [0.2, 0.25) is 11.8 Å². The van der Waals surface area contributed by atoms with Gasteiger partial charge in [-0.05, 0) is 70.8 Å². The molecule has 2 aromatic rings. The number of thiophene rings is 1. The fourth-order valence-corrected chi connectivity index (χ4v) is 5.80. The molecule has 0 N–H and O–H groups in total.